The highest BCUT2D eigenvalue weighted by Crippen LogP contribution is 2.18. The van der Waals surface area contributed by atoms with E-state index in [0.29, 0.717) is 25.3 Å². The van der Waals surface area contributed by atoms with Gasteiger partial charge in [-0.1, -0.05) is 0 Å². The minimum Gasteiger partial charge on any atom is -0.356 e. The molecule has 1 aromatic rings. The fraction of sp³-hybridized carbons (Fsp3) is 0.462. The first-order chi connectivity index (χ1) is 8.72. The van der Waals surface area contributed by atoms with Crippen molar-refractivity contribution in [3.05, 3.63) is 30.1 Å². The minimum absolute atomic E-state index is 0. The lowest BCUT2D eigenvalue weighted by molar-refractivity contribution is -0.120. The average Bonchev–Trinajstić information content (AvgIpc) is 2.37. The first-order valence-corrected chi connectivity index (χ1v) is 7.06. The summed E-state index contributed by atoms with van der Waals surface area (Å²) in [6.07, 6.45) is 2.34. The summed E-state index contributed by atoms with van der Waals surface area (Å²) in [6, 6.07) is 6.29. The summed E-state index contributed by atoms with van der Waals surface area (Å²) in [5.41, 5.74) is 5.36. The number of nitrogens with one attached hydrogen (secondary N) is 1. The van der Waals surface area contributed by atoms with Crippen LogP contribution >= 0.6 is 24.2 Å². The van der Waals surface area contributed by atoms with Gasteiger partial charge < -0.3 is 11.1 Å². The number of hydrogen-bond donors (Lipinski definition) is 2. The zero-order valence-electron chi connectivity index (χ0n) is 10.7. The molecule has 3 nitrogen and oxygen atoms in total. The lowest BCUT2D eigenvalue weighted by atomic mass is 10.3. The Kier molecular flexibility index (Phi) is 10.6. The number of carbonyl (C=O) groups excluding carboxylic acids is 1. The molecule has 0 aliphatic carbocycles. The van der Waals surface area contributed by atoms with Crippen LogP contribution in [-0.4, -0.2) is 24.7 Å². The van der Waals surface area contributed by atoms with Crippen molar-refractivity contribution < 1.29 is 9.18 Å². The van der Waals surface area contributed by atoms with Gasteiger partial charge in [0.2, 0.25) is 5.91 Å². The Hall–Kier alpha value is -0.780. The van der Waals surface area contributed by atoms with Gasteiger partial charge in [-0.2, -0.15) is 0 Å². The van der Waals surface area contributed by atoms with Gasteiger partial charge in [0.15, 0.2) is 0 Å². The zero-order valence-corrected chi connectivity index (χ0v) is 12.4. The van der Waals surface area contributed by atoms with E-state index in [4.69, 9.17) is 5.73 Å². The highest BCUT2D eigenvalue weighted by Gasteiger charge is 2.01. The molecule has 1 rings (SSSR count). The number of hydrogen-bond acceptors (Lipinski definition) is 3. The van der Waals surface area contributed by atoms with E-state index in [1.54, 1.807) is 23.9 Å². The SMILES string of the molecule is Cl.NCCCCNC(=O)CCSc1ccc(F)cc1. The van der Waals surface area contributed by atoms with Crippen LogP contribution in [0.1, 0.15) is 19.3 Å². The summed E-state index contributed by atoms with van der Waals surface area (Å²) >= 11 is 1.55. The van der Waals surface area contributed by atoms with Gasteiger partial charge >= 0.3 is 0 Å². The molecule has 0 aliphatic heterocycles. The Balaban J connectivity index is 0.00000324. The second-order valence-electron chi connectivity index (χ2n) is 3.90. The van der Waals surface area contributed by atoms with Crippen LogP contribution < -0.4 is 11.1 Å². The van der Waals surface area contributed by atoms with Gasteiger partial charge in [0.1, 0.15) is 5.82 Å². The lowest BCUT2D eigenvalue weighted by Crippen LogP contribution is -2.25. The third-order valence-corrected chi connectivity index (χ3v) is 3.38. The van der Waals surface area contributed by atoms with Crippen molar-refractivity contribution in [1.82, 2.24) is 5.32 Å². The molecule has 3 N–H and O–H groups in total. The summed E-state index contributed by atoms with van der Waals surface area (Å²) in [7, 11) is 0. The van der Waals surface area contributed by atoms with Crippen molar-refractivity contribution >= 4 is 30.1 Å². The summed E-state index contributed by atoms with van der Waals surface area (Å²) in [5.74, 6) is 0.521. The second kappa shape index (κ2) is 11.1. The van der Waals surface area contributed by atoms with Crippen LogP contribution in [0.2, 0.25) is 0 Å². The third kappa shape index (κ3) is 8.86. The Labute approximate surface area is 123 Å². The zero-order chi connectivity index (χ0) is 13.2. The number of thioether (sulfide) groups is 1. The van der Waals surface area contributed by atoms with Crippen LogP contribution in [0.4, 0.5) is 4.39 Å². The van der Waals surface area contributed by atoms with Crippen molar-refractivity contribution in [2.24, 2.45) is 5.73 Å². The lowest BCUT2D eigenvalue weighted by Gasteiger charge is -2.04. The topological polar surface area (TPSA) is 55.1 Å². The number of nitrogens with two attached hydrogens (primary N) is 1. The standard InChI is InChI=1S/C13H19FN2OS.ClH/c14-11-3-5-12(6-4-11)18-10-7-13(17)16-9-2-1-8-15;/h3-6H,1-2,7-10,15H2,(H,16,17);1H. The molecular formula is C13H20ClFN2OS. The Morgan fingerprint density at radius 3 is 2.58 bits per heavy atom. The smallest absolute Gasteiger partial charge is 0.220 e. The van der Waals surface area contributed by atoms with Gasteiger partial charge in [0.05, 0.1) is 0 Å². The number of rotatable bonds is 8. The minimum atomic E-state index is -0.239. The number of amides is 1. The molecule has 0 radical (unpaired) electrons. The van der Waals surface area contributed by atoms with Crippen LogP contribution in [0, 0.1) is 5.82 Å². The fourth-order valence-corrected chi connectivity index (χ4v) is 2.23. The number of halogens is 2. The Morgan fingerprint density at radius 2 is 1.95 bits per heavy atom. The van der Waals surface area contributed by atoms with Gasteiger partial charge in [-0.25, -0.2) is 4.39 Å². The normalized spacial score (nSPS) is 9.79. The largest absolute Gasteiger partial charge is 0.356 e. The molecule has 108 valence electrons. The van der Waals surface area contributed by atoms with Crippen LogP contribution in [-0.2, 0) is 4.79 Å². The van der Waals surface area contributed by atoms with Crippen LogP contribution in [0.25, 0.3) is 0 Å². The molecule has 1 aromatic carbocycles. The van der Waals surface area contributed by atoms with Gasteiger partial charge in [0, 0.05) is 23.6 Å². The highest BCUT2D eigenvalue weighted by atomic mass is 35.5. The second-order valence-corrected chi connectivity index (χ2v) is 5.07. The van der Waals surface area contributed by atoms with E-state index in [-0.39, 0.29) is 24.1 Å². The molecule has 0 heterocycles. The Bertz CT molecular complexity index is 362. The molecule has 0 unspecified atom stereocenters. The van der Waals surface area contributed by atoms with E-state index in [2.05, 4.69) is 5.32 Å². The molecule has 1 amide bonds. The summed E-state index contributed by atoms with van der Waals surface area (Å²) < 4.78 is 12.7. The van der Waals surface area contributed by atoms with Crippen LogP contribution in [0.3, 0.4) is 0 Å². The van der Waals surface area contributed by atoms with E-state index in [0.717, 1.165) is 17.7 Å². The van der Waals surface area contributed by atoms with Gasteiger partial charge in [-0.05, 0) is 43.7 Å². The summed E-state index contributed by atoms with van der Waals surface area (Å²) in [4.78, 5) is 12.4. The molecule has 6 heteroatoms. The molecule has 0 aliphatic rings. The molecule has 0 saturated heterocycles. The molecule has 0 spiro atoms. The van der Waals surface area contributed by atoms with Crippen molar-refractivity contribution in [3.63, 3.8) is 0 Å². The quantitative estimate of drug-likeness (QED) is 0.573. The predicted octanol–water partition coefficient (Wildman–Crippen LogP) is 2.58. The van der Waals surface area contributed by atoms with Crippen LogP contribution in [0.15, 0.2) is 29.2 Å². The molecule has 0 saturated carbocycles. The van der Waals surface area contributed by atoms with Crippen LogP contribution in [0.5, 0.6) is 0 Å². The third-order valence-electron chi connectivity index (χ3n) is 2.36. The number of carbonyl (C=O) groups is 1. The fourth-order valence-electron chi connectivity index (χ4n) is 1.38. The van der Waals surface area contributed by atoms with Gasteiger partial charge in [-0.3, -0.25) is 4.79 Å². The maximum atomic E-state index is 12.7. The molecular weight excluding hydrogens is 287 g/mol. The predicted molar refractivity (Wildman–Crippen MR) is 80.3 cm³/mol. The van der Waals surface area contributed by atoms with Gasteiger partial charge in [0.25, 0.3) is 0 Å². The van der Waals surface area contributed by atoms with E-state index >= 15 is 0 Å². The monoisotopic (exact) mass is 306 g/mol. The maximum absolute atomic E-state index is 12.7. The van der Waals surface area contributed by atoms with Crippen molar-refractivity contribution in [2.75, 3.05) is 18.8 Å². The van der Waals surface area contributed by atoms with Crippen molar-refractivity contribution in [2.45, 2.75) is 24.2 Å². The average molecular weight is 307 g/mol. The summed E-state index contributed by atoms with van der Waals surface area (Å²) in [5, 5.41) is 2.85. The number of benzene rings is 1. The van der Waals surface area contributed by atoms with Gasteiger partial charge in [-0.15, -0.1) is 24.2 Å². The molecule has 0 bridgehead atoms. The Morgan fingerprint density at radius 1 is 1.26 bits per heavy atom. The van der Waals surface area contributed by atoms with E-state index in [1.807, 2.05) is 0 Å². The first-order valence-electron chi connectivity index (χ1n) is 6.07. The maximum Gasteiger partial charge on any atom is 0.220 e. The van der Waals surface area contributed by atoms with Crippen molar-refractivity contribution in [3.8, 4) is 0 Å². The molecule has 0 fully saturated rings. The summed E-state index contributed by atoms with van der Waals surface area (Å²) in [6.45, 7) is 1.35. The molecule has 0 atom stereocenters. The first kappa shape index (κ1) is 18.2. The van der Waals surface area contributed by atoms with E-state index < -0.39 is 0 Å². The van der Waals surface area contributed by atoms with E-state index in [1.165, 1.54) is 12.1 Å². The number of unbranched alkanes of at least 4 members (excludes halogenated alkanes) is 1. The highest BCUT2D eigenvalue weighted by molar-refractivity contribution is 7.99. The molecule has 19 heavy (non-hydrogen) atoms. The van der Waals surface area contributed by atoms with E-state index in [9.17, 15) is 9.18 Å². The molecule has 0 aromatic heterocycles. The van der Waals surface area contributed by atoms with Crippen molar-refractivity contribution in [1.29, 1.82) is 0 Å².